The number of amides is 4. The highest BCUT2D eigenvalue weighted by Gasteiger charge is 2.32. The summed E-state index contributed by atoms with van der Waals surface area (Å²) in [6, 6.07) is 13.9. The molecule has 4 amide bonds. The SMILES string of the molecule is O=C(CN1C(=O)Cc2ccccc2C1=O)Nc1cccc(N2CCCC2=O)c1. The van der Waals surface area contributed by atoms with Gasteiger partial charge in [0.25, 0.3) is 5.91 Å². The molecular formula is C21H19N3O4. The summed E-state index contributed by atoms with van der Waals surface area (Å²) in [5.74, 6) is -1.26. The van der Waals surface area contributed by atoms with Crippen molar-refractivity contribution in [3.05, 3.63) is 59.7 Å². The van der Waals surface area contributed by atoms with Crippen molar-refractivity contribution >= 4 is 35.0 Å². The summed E-state index contributed by atoms with van der Waals surface area (Å²) in [4.78, 5) is 51.9. The first-order valence-electron chi connectivity index (χ1n) is 9.16. The summed E-state index contributed by atoms with van der Waals surface area (Å²) in [5, 5.41) is 2.71. The lowest BCUT2D eigenvalue weighted by Gasteiger charge is -2.26. The predicted octanol–water partition coefficient (Wildman–Crippen LogP) is 1.98. The molecule has 2 aliphatic heterocycles. The third kappa shape index (κ3) is 3.38. The van der Waals surface area contributed by atoms with Gasteiger partial charge in [0.2, 0.25) is 17.7 Å². The fraction of sp³-hybridized carbons (Fsp3) is 0.238. The van der Waals surface area contributed by atoms with Crippen LogP contribution in [0.2, 0.25) is 0 Å². The molecule has 0 atom stereocenters. The first kappa shape index (κ1) is 17.9. The highest BCUT2D eigenvalue weighted by atomic mass is 16.2. The average molecular weight is 377 g/mol. The van der Waals surface area contributed by atoms with Crippen molar-refractivity contribution in [2.45, 2.75) is 19.3 Å². The van der Waals surface area contributed by atoms with E-state index in [1.807, 2.05) is 6.07 Å². The Morgan fingerprint density at radius 1 is 1.00 bits per heavy atom. The van der Waals surface area contributed by atoms with E-state index in [9.17, 15) is 19.2 Å². The smallest absolute Gasteiger partial charge is 0.261 e. The van der Waals surface area contributed by atoms with Crippen LogP contribution < -0.4 is 10.2 Å². The third-order valence-electron chi connectivity index (χ3n) is 4.95. The fourth-order valence-electron chi connectivity index (χ4n) is 3.58. The maximum Gasteiger partial charge on any atom is 0.261 e. The summed E-state index contributed by atoms with van der Waals surface area (Å²) in [5.41, 5.74) is 2.36. The van der Waals surface area contributed by atoms with Gasteiger partial charge in [-0.2, -0.15) is 0 Å². The third-order valence-corrected chi connectivity index (χ3v) is 4.95. The molecular weight excluding hydrogens is 358 g/mol. The van der Waals surface area contributed by atoms with Crippen molar-refractivity contribution in [1.29, 1.82) is 0 Å². The molecule has 1 fully saturated rings. The average Bonchev–Trinajstić information content (AvgIpc) is 3.11. The number of anilines is 2. The summed E-state index contributed by atoms with van der Waals surface area (Å²) in [6.07, 6.45) is 1.44. The maximum atomic E-state index is 12.6. The van der Waals surface area contributed by atoms with E-state index in [1.165, 1.54) is 0 Å². The van der Waals surface area contributed by atoms with Gasteiger partial charge in [0, 0.05) is 29.9 Å². The molecule has 1 N–H and O–H groups in total. The number of fused-ring (bicyclic) bond motifs is 1. The number of rotatable bonds is 4. The van der Waals surface area contributed by atoms with E-state index >= 15 is 0 Å². The van der Waals surface area contributed by atoms with Crippen LogP contribution in [-0.4, -0.2) is 41.6 Å². The first-order valence-corrected chi connectivity index (χ1v) is 9.16. The maximum absolute atomic E-state index is 12.6. The minimum Gasteiger partial charge on any atom is -0.324 e. The van der Waals surface area contributed by atoms with Crippen LogP contribution >= 0.6 is 0 Å². The van der Waals surface area contributed by atoms with Gasteiger partial charge >= 0.3 is 0 Å². The van der Waals surface area contributed by atoms with Crippen LogP contribution in [0.4, 0.5) is 11.4 Å². The van der Waals surface area contributed by atoms with Gasteiger partial charge in [0.05, 0.1) is 6.42 Å². The first-order chi connectivity index (χ1) is 13.5. The Morgan fingerprint density at radius 2 is 1.82 bits per heavy atom. The zero-order valence-electron chi connectivity index (χ0n) is 15.2. The zero-order chi connectivity index (χ0) is 19.7. The minimum absolute atomic E-state index is 0.0617. The molecule has 2 aromatic rings. The van der Waals surface area contributed by atoms with E-state index in [2.05, 4.69) is 5.32 Å². The molecule has 0 spiro atoms. The number of benzene rings is 2. The van der Waals surface area contributed by atoms with Gasteiger partial charge in [-0.1, -0.05) is 24.3 Å². The number of nitrogens with zero attached hydrogens (tertiary/aromatic N) is 2. The number of carbonyl (C=O) groups excluding carboxylic acids is 4. The summed E-state index contributed by atoms with van der Waals surface area (Å²) >= 11 is 0. The Balaban J connectivity index is 1.46. The monoisotopic (exact) mass is 377 g/mol. The van der Waals surface area contributed by atoms with E-state index in [4.69, 9.17) is 0 Å². The normalized spacial score (nSPS) is 16.4. The van der Waals surface area contributed by atoms with Gasteiger partial charge < -0.3 is 10.2 Å². The van der Waals surface area contributed by atoms with Gasteiger partial charge in [-0.25, -0.2) is 0 Å². The second-order valence-corrected chi connectivity index (χ2v) is 6.87. The van der Waals surface area contributed by atoms with Gasteiger partial charge in [-0.05, 0) is 36.2 Å². The molecule has 0 aromatic heterocycles. The lowest BCUT2D eigenvalue weighted by atomic mass is 9.98. The van der Waals surface area contributed by atoms with Crippen LogP contribution in [0.1, 0.15) is 28.8 Å². The van der Waals surface area contributed by atoms with Crippen molar-refractivity contribution in [1.82, 2.24) is 4.90 Å². The number of hydrogen-bond acceptors (Lipinski definition) is 4. The molecule has 1 saturated heterocycles. The number of hydrogen-bond donors (Lipinski definition) is 1. The second kappa shape index (κ2) is 7.26. The molecule has 2 aromatic carbocycles. The molecule has 0 aliphatic carbocycles. The molecule has 7 heteroatoms. The Morgan fingerprint density at radius 3 is 2.61 bits per heavy atom. The highest BCUT2D eigenvalue weighted by Crippen LogP contribution is 2.24. The minimum atomic E-state index is -0.467. The van der Waals surface area contributed by atoms with Gasteiger partial charge in [0.1, 0.15) is 6.54 Å². The van der Waals surface area contributed by atoms with Crippen molar-refractivity contribution in [3.8, 4) is 0 Å². The van der Waals surface area contributed by atoms with Crippen molar-refractivity contribution < 1.29 is 19.2 Å². The lowest BCUT2D eigenvalue weighted by molar-refractivity contribution is -0.131. The predicted molar refractivity (Wildman–Crippen MR) is 103 cm³/mol. The van der Waals surface area contributed by atoms with Crippen LogP contribution in [0.5, 0.6) is 0 Å². The molecule has 0 unspecified atom stereocenters. The van der Waals surface area contributed by atoms with Crippen LogP contribution in [0.25, 0.3) is 0 Å². The summed E-state index contributed by atoms with van der Waals surface area (Å²) < 4.78 is 0. The molecule has 142 valence electrons. The molecule has 7 nitrogen and oxygen atoms in total. The Bertz CT molecular complexity index is 985. The van der Waals surface area contributed by atoms with Gasteiger partial charge in [0.15, 0.2) is 0 Å². The molecule has 4 rings (SSSR count). The molecule has 28 heavy (non-hydrogen) atoms. The number of nitrogens with one attached hydrogen (secondary N) is 1. The summed E-state index contributed by atoms with van der Waals surface area (Å²) in [7, 11) is 0. The van der Waals surface area contributed by atoms with Crippen molar-refractivity contribution in [2.75, 3.05) is 23.3 Å². The molecule has 0 saturated carbocycles. The number of imide groups is 1. The fourth-order valence-corrected chi connectivity index (χ4v) is 3.58. The lowest BCUT2D eigenvalue weighted by Crippen LogP contribution is -2.46. The Kier molecular flexibility index (Phi) is 4.65. The van der Waals surface area contributed by atoms with Crippen LogP contribution in [0.3, 0.4) is 0 Å². The standard InChI is InChI=1S/C21H19N3O4/c25-18(13-24-20(27)11-14-5-1-2-8-17(14)21(24)28)22-15-6-3-7-16(12-15)23-10-4-9-19(23)26/h1-3,5-8,12H,4,9-11,13H2,(H,22,25). The number of carbonyl (C=O) groups is 4. The Labute approximate surface area is 161 Å². The van der Waals surface area contributed by atoms with Crippen LogP contribution in [0, 0.1) is 0 Å². The quantitative estimate of drug-likeness (QED) is 0.826. The summed E-state index contributed by atoms with van der Waals surface area (Å²) in [6.45, 7) is 0.311. The van der Waals surface area contributed by atoms with E-state index < -0.39 is 17.7 Å². The molecule has 0 radical (unpaired) electrons. The van der Waals surface area contributed by atoms with E-state index in [0.717, 1.165) is 17.0 Å². The molecule has 2 aliphatic rings. The zero-order valence-corrected chi connectivity index (χ0v) is 15.2. The largest absolute Gasteiger partial charge is 0.324 e. The Hall–Kier alpha value is -3.48. The van der Waals surface area contributed by atoms with Gasteiger partial charge in [-0.3, -0.25) is 24.1 Å². The van der Waals surface area contributed by atoms with E-state index in [-0.39, 0.29) is 18.9 Å². The van der Waals surface area contributed by atoms with E-state index in [1.54, 1.807) is 47.4 Å². The molecule has 2 heterocycles. The topological polar surface area (TPSA) is 86.8 Å². The van der Waals surface area contributed by atoms with Crippen molar-refractivity contribution in [3.63, 3.8) is 0 Å². The van der Waals surface area contributed by atoms with Crippen LogP contribution in [0.15, 0.2) is 48.5 Å². The van der Waals surface area contributed by atoms with Gasteiger partial charge in [-0.15, -0.1) is 0 Å². The highest BCUT2D eigenvalue weighted by molar-refractivity contribution is 6.12. The second-order valence-electron chi connectivity index (χ2n) is 6.87. The van der Waals surface area contributed by atoms with E-state index in [0.29, 0.717) is 29.8 Å². The van der Waals surface area contributed by atoms with Crippen LogP contribution in [-0.2, 0) is 20.8 Å². The molecule has 0 bridgehead atoms. The van der Waals surface area contributed by atoms with Crippen molar-refractivity contribution in [2.24, 2.45) is 0 Å².